The van der Waals surface area contributed by atoms with Crippen LogP contribution in [0.3, 0.4) is 0 Å². The lowest BCUT2D eigenvalue weighted by molar-refractivity contribution is -0.0293. The van der Waals surface area contributed by atoms with E-state index in [9.17, 15) is 4.79 Å². The Balaban J connectivity index is 1.46. The Labute approximate surface area is 150 Å². The van der Waals surface area contributed by atoms with E-state index < -0.39 is 0 Å². The van der Waals surface area contributed by atoms with Gasteiger partial charge in [-0.25, -0.2) is 0 Å². The quantitative estimate of drug-likeness (QED) is 0.854. The molecule has 24 heavy (non-hydrogen) atoms. The molecule has 2 aromatic carbocycles. The molecule has 1 fully saturated rings. The smallest absolute Gasteiger partial charge is 0.251 e. The third kappa shape index (κ3) is 4.66. The molecular formula is C19H21BrN2O2. The average Bonchev–Trinajstić information content (AvgIpc) is 2.63. The standard InChI is InChI=1S/C19H21BrN2O2/c20-17-8-6-16(7-9-17)19(23)21-10-11-22-12-13-24-18(14-22)15-4-2-1-3-5-15/h1-9,18H,10-14H2,(H,21,23). The van der Waals surface area contributed by atoms with Crippen molar-refractivity contribution in [2.75, 3.05) is 32.8 Å². The lowest BCUT2D eigenvalue weighted by atomic mass is 10.1. The molecule has 0 radical (unpaired) electrons. The van der Waals surface area contributed by atoms with Crippen molar-refractivity contribution in [3.63, 3.8) is 0 Å². The monoisotopic (exact) mass is 388 g/mol. The number of carbonyl (C=O) groups excluding carboxylic acids is 1. The van der Waals surface area contributed by atoms with Crippen LogP contribution in [0.4, 0.5) is 0 Å². The summed E-state index contributed by atoms with van der Waals surface area (Å²) >= 11 is 3.37. The van der Waals surface area contributed by atoms with E-state index in [0.717, 1.165) is 30.7 Å². The zero-order chi connectivity index (χ0) is 16.8. The van der Waals surface area contributed by atoms with Crippen molar-refractivity contribution >= 4 is 21.8 Å². The summed E-state index contributed by atoms with van der Waals surface area (Å²) in [7, 11) is 0. The molecule has 2 aromatic rings. The average molecular weight is 389 g/mol. The fourth-order valence-corrected chi connectivity index (χ4v) is 3.07. The number of carbonyl (C=O) groups is 1. The van der Waals surface area contributed by atoms with Crippen LogP contribution < -0.4 is 5.32 Å². The number of hydrogen-bond donors (Lipinski definition) is 1. The van der Waals surface area contributed by atoms with Crippen LogP contribution in [0.2, 0.25) is 0 Å². The van der Waals surface area contributed by atoms with Crippen LogP contribution in [0.1, 0.15) is 22.0 Å². The molecule has 1 saturated heterocycles. The molecule has 1 amide bonds. The summed E-state index contributed by atoms with van der Waals surface area (Å²) < 4.78 is 6.84. The van der Waals surface area contributed by atoms with E-state index in [0.29, 0.717) is 12.1 Å². The highest BCUT2D eigenvalue weighted by atomic mass is 79.9. The molecule has 0 saturated carbocycles. The first kappa shape index (κ1) is 17.1. The van der Waals surface area contributed by atoms with E-state index in [1.807, 2.05) is 42.5 Å². The molecule has 0 aliphatic carbocycles. The first-order chi connectivity index (χ1) is 11.7. The fraction of sp³-hybridized carbons (Fsp3) is 0.316. The van der Waals surface area contributed by atoms with E-state index in [-0.39, 0.29) is 12.0 Å². The predicted octanol–water partition coefficient (Wildman–Crippen LogP) is 3.25. The Morgan fingerprint density at radius 1 is 1.17 bits per heavy atom. The minimum atomic E-state index is -0.0321. The van der Waals surface area contributed by atoms with Gasteiger partial charge in [0, 0.05) is 36.2 Å². The SMILES string of the molecule is O=C(NCCN1CCOC(c2ccccc2)C1)c1ccc(Br)cc1. The Hall–Kier alpha value is -1.69. The Morgan fingerprint density at radius 3 is 2.67 bits per heavy atom. The summed E-state index contributed by atoms with van der Waals surface area (Å²) in [6.07, 6.45) is 0.113. The maximum absolute atomic E-state index is 12.1. The number of benzene rings is 2. The van der Waals surface area contributed by atoms with Crippen molar-refractivity contribution in [2.45, 2.75) is 6.10 Å². The molecule has 0 spiro atoms. The van der Waals surface area contributed by atoms with Crippen molar-refractivity contribution in [3.05, 3.63) is 70.2 Å². The van der Waals surface area contributed by atoms with E-state index in [4.69, 9.17) is 4.74 Å². The maximum Gasteiger partial charge on any atom is 0.251 e. The second-order valence-electron chi connectivity index (χ2n) is 5.83. The van der Waals surface area contributed by atoms with Crippen LogP contribution in [-0.4, -0.2) is 43.6 Å². The minimum Gasteiger partial charge on any atom is -0.371 e. The molecule has 0 bridgehead atoms. The number of rotatable bonds is 5. The van der Waals surface area contributed by atoms with Gasteiger partial charge in [-0.2, -0.15) is 0 Å². The topological polar surface area (TPSA) is 41.6 Å². The number of amides is 1. The molecule has 4 nitrogen and oxygen atoms in total. The summed E-state index contributed by atoms with van der Waals surface area (Å²) in [5.41, 5.74) is 1.89. The highest BCUT2D eigenvalue weighted by Gasteiger charge is 2.21. The van der Waals surface area contributed by atoms with E-state index in [2.05, 4.69) is 38.3 Å². The first-order valence-corrected chi connectivity index (χ1v) is 8.94. The summed E-state index contributed by atoms with van der Waals surface area (Å²) in [5.74, 6) is -0.0321. The van der Waals surface area contributed by atoms with Crippen LogP contribution >= 0.6 is 15.9 Å². The lowest BCUT2D eigenvalue weighted by Crippen LogP contribution is -2.42. The number of halogens is 1. The highest BCUT2D eigenvalue weighted by Crippen LogP contribution is 2.21. The van der Waals surface area contributed by atoms with Gasteiger partial charge >= 0.3 is 0 Å². The summed E-state index contributed by atoms with van der Waals surface area (Å²) in [4.78, 5) is 14.5. The van der Waals surface area contributed by atoms with Crippen molar-refractivity contribution in [1.82, 2.24) is 10.2 Å². The summed E-state index contributed by atoms with van der Waals surface area (Å²) in [6, 6.07) is 17.7. The molecule has 1 atom stereocenters. The van der Waals surface area contributed by atoms with Crippen LogP contribution in [0.25, 0.3) is 0 Å². The fourth-order valence-electron chi connectivity index (χ4n) is 2.81. The van der Waals surface area contributed by atoms with Gasteiger partial charge in [-0.15, -0.1) is 0 Å². The normalized spacial score (nSPS) is 18.3. The number of ether oxygens (including phenoxy) is 1. The predicted molar refractivity (Wildman–Crippen MR) is 98.1 cm³/mol. The van der Waals surface area contributed by atoms with Gasteiger partial charge in [-0.1, -0.05) is 46.3 Å². The van der Waals surface area contributed by atoms with Gasteiger partial charge in [0.1, 0.15) is 0 Å². The molecule has 5 heteroatoms. The first-order valence-electron chi connectivity index (χ1n) is 8.15. The van der Waals surface area contributed by atoms with E-state index in [1.165, 1.54) is 5.56 Å². The molecule has 1 aliphatic rings. The van der Waals surface area contributed by atoms with Gasteiger partial charge in [0.05, 0.1) is 12.7 Å². The van der Waals surface area contributed by atoms with Gasteiger partial charge in [0.15, 0.2) is 0 Å². The van der Waals surface area contributed by atoms with E-state index in [1.54, 1.807) is 0 Å². The van der Waals surface area contributed by atoms with Gasteiger partial charge in [-0.3, -0.25) is 9.69 Å². The number of nitrogens with one attached hydrogen (secondary N) is 1. The summed E-state index contributed by atoms with van der Waals surface area (Å²) in [5, 5.41) is 2.98. The maximum atomic E-state index is 12.1. The zero-order valence-corrected chi connectivity index (χ0v) is 15.0. The third-order valence-electron chi connectivity index (χ3n) is 4.14. The van der Waals surface area contributed by atoms with Crippen molar-refractivity contribution in [3.8, 4) is 0 Å². The number of morpholine rings is 1. The second kappa shape index (κ2) is 8.42. The van der Waals surface area contributed by atoms with E-state index >= 15 is 0 Å². The number of nitrogens with zero attached hydrogens (tertiary/aromatic N) is 1. The second-order valence-corrected chi connectivity index (χ2v) is 6.75. The Morgan fingerprint density at radius 2 is 1.92 bits per heavy atom. The molecule has 1 N–H and O–H groups in total. The van der Waals surface area contributed by atoms with Crippen molar-refractivity contribution < 1.29 is 9.53 Å². The van der Waals surface area contributed by atoms with Crippen LogP contribution in [-0.2, 0) is 4.74 Å². The minimum absolute atomic E-state index is 0.0321. The van der Waals surface area contributed by atoms with Crippen LogP contribution in [0.5, 0.6) is 0 Å². The molecule has 1 aliphatic heterocycles. The molecule has 126 valence electrons. The number of hydrogen-bond acceptors (Lipinski definition) is 3. The molecule has 1 unspecified atom stereocenters. The van der Waals surface area contributed by atoms with Crippen molar-refractivity contribution in [1.29, 1.82) is 0 Å². The molecule has 3 rings (SSSR count). The molecule has 1 heterocycles. The van der Waals surface area contributed by atoms with Crippen LogP contribution in [0.15, 0.2) is 59.1 Å². The van der Waals surface area contributed by atoms with Gasteiger partial charge in [0.25, 0.3) is 5.91 Å². The third-order valence-corrected chi connectivity index (χ3v) is 4.67. The zero-order valence-electron chi connectivity index (χ0n) is 13.5. The largest absolute Gasteiger partial charge is 0.371 e. The summed E-state index contributed by atoms with van der Waals surface area (Å²) in [6.45, 7) is 3.95. The highest BCUT2D eigenvalue weighted by molar-refractivity contribution is 9.10. The van der Waals surface area contributed by atoms with Crippen LogP contribution in [0, 0.1) is 0 Å². The molecular weight excluding hydrogens is 368 g/mol. The van der Waals surface area contributed by atoms with Gasteiger partial charge in [0.2, 0.25) is 0 Å². The Kier molecular flexibility index (Phi) is 6.01. The van der Waals surface area contributed by atoms with Crippen molar-refractivity contribution in [2.24, 2.45) is 0 Å². The lowest BCUT2D eigenvalue weighted by Gasteiger charge is -2.33. The van der Waals surface area contributed by atoms with Gasteiger partial charge < -0.3 is 10.1 Å². The van der Waals surface area contributed by atoms with Gasteiger partial charge in [-0.05, 0) is 29.8 Å². The Bertz CT molecular complexity index is 661. The molecule has 0 aromatic heterocycles.